The van der Waals surface area contributed by atoms with E-state index in [9.17, 15) is 10.2 Å². The van der Waals surface area contributed by atoms with Gasteiger partial charge < -0.3 is 10.2 Å². The van der Waals surface area contributed by atoms with Gasteiger partial charge in [-0.15, -0.1) is 0 Å². The van der Waals surface area contributed by atoms with Gasteiger partial charge in [-0.25, -0.2) is 0 Å². The summed E-state index contributed by atoms with van der Waals surface area (Å²) in [6.45, 7) is 0. The third kappa shape index (κ3) is 1.46. The lowest BCUT2D eigenvalue weighted by atomic mass is 9.80. The third-order valence-corrected chi connectivity index (χ3v) is 4.13. The fraction of sp³-hybridized carbons (Fsp3) is 0.111. The van der Waals surface area contributed by atoms with E-state index in [1.54, 1.807) is 0 Å². The molecule has 0 spiro atoms. The fourth-order valence-electron chi connectivity index (χ4n) is 3.16. The highest BCUT2D eigenvalue weighted by Gasteiger charge is 2.31. The van der Waals surface area contributed by atoms with Crippen LogP contribution in [0.4, 0.5) is 0 Å². The van der Waals surface area contributed by atoms with Gasteiger partial charge in [0.1, 0.15) is 12.2 Å². The van der Waals surface area contributed by atoms with E-state index >= 15 is 0 Å². The minimum absolute atomic E-state index is 0.795. The first-order valence-electron chi connectivity index (χ1n) is 6.74. The Labute approximate surface area is 116 Å². The van der Waals surface area contributed by atoms with Crippen molar-refractivity contribution in [3.8, 4) is 11.1 Å². The molecule has 0 amide bonds. The highest BCUT2D eigenvalue weighted by atomic mass is 16.3. The molecule has 0 heterocycles. The lowest BCUT2D eigenvalue weighted by Gasteiger charge is -2.30. The molecule has 0 saturated heterocycles. The van der Waals surface area contributed by atoms with Crippen LogP contribution in [0, 0.1) is 0 Å². The van der Waals surface area contributed by atoms with Gasteiger partial charge in [0.25, 0.3) is 0 Å². The molecule has 0 aromatic heterocycles. The van der Waals surface area contributed by atoms with Crippen LogP contribution in [0.25, 0.3) is 21.9 Å². The van der Waals surface area contributed by atoms with E-state index in [-0.39, 0.29) is 0 Å². The Bertz CT molecular complexity index is 807. The maximum atomic E-state index is 10.4. The molecule has 4 rings (SSSR count). The molecule has 3 aromatic rings. The summed E-state index contributed by atoms with van der Waals surface area (Å²) in [4.78, 5) is 0. The molecular weight excluding hydrogens is 248 g/mol. The van der Waals surface area contributed by atoms with Crippen molar-refractivity contribution >= 4 is 10.8 Å². The van der Waals surface area contributed by atoms with Crippen molar-refractivity contribution in [2.24, 2.45) is 0 Å². The molecule has 0 saturated carbocycles. The summed E-state index contributed by atoms with van der Waals surface area (Å²) >= 11 is 0. The van der Waals surface area contributed by atoms with Gasteiger partial charge in [0, 0.05) is 0 Å². The lowest BCUT2D eigenvalue weighted by Crippen LogP contribution is -2.17. The van der Waals surface area contributed by atoms with Crippen LogP contribution < -0.4 is 0 Å². The molecule has 2 N–H and O–H groups in total. The molecular formula is C18H14O2. The predicted octanol–water partition coefficient (Wildman–Crippen LogP) is 3.59. The van der Waals surface area contributed by atoms with Gasteiger partial charge in [-0.05, 0) is 33.0 Å². The molecule has 0 bridgehead atoms. The molecule has 2 heteroatoms. The van der Waals surface area contributed by atoms with Gasteiger partial charge >= 0.3 is 0 Å². The first kappa shape index (κ1) is 11.6. The second-order valence-corrected chi connectivity index (χ2v) is 5.23. The zero-order valence-corrected chi connectivity index (χ0v) is 10.8. The monoisotopic (exact) mass is 262 g/mol. The first-order chi connectivity index (χ1) is 9.77. The molecule has 1 aliphatic rings. The van der Waals surface area contributed by atoms with Crippen molar-refractivity contribution in [1.29, 1.82) is 0 Å². The van der Waals surface area contributed by atoms with Gasteiger partial charge in [-0.3, -0.25) is 0 Å². The van der Waals surface area contributed by atoms with Gasteiger partial charge in [-0.2, -0.15) is 0 Å². The summed E-state index contributed by atoms with van der Waals surface area (Å²) in [5.74, 6) is 0. The van der Waals surface area contributed by atoms with Crippen molar-refractivity contribution in [3.05, 3.63) is 71.8 Å². The topological polar surface area (TPSA) is 40.5 Å². The van der Waals surface area contributed by atoms with Crippen molar-refractivity contribution in [3.63, 3.8) is 0 Å². The van der Waals surface area contributed by atoms with Crippen LogP contribution in [-0.4, -0.2) is 10.2 Å². The van der Waals surface area contributed by atoms with Crippen molar-refractivity contribution in [1.82, 2.24) is 0 Å². The molecule has 3 aromatic carbocycles. The number of aliphatic hydroxyl groups excluding tert-OH is 2. The maximum Gasteiger partial charge on any atom is 0.110 e. The molecule has 98 valence electrons. The van der Waals surface area contributed by atoms with Gasteiger partial charge in [-0.1, -0.05) is 60.7 Å². The normalized spacial score (nSPS) is 20.5. The van der Waals surface area contributed by atoms with Crippen LogP contribution in [0.1, 0.15) is 23.3 Å². The van der Waals surface area contributed by atoms with Crippen LogP contribution in [0.5, 0.6) is 0 Å². The molecule has 20 heavy (non-hydrogen) atoms. The van der Waals surface area contributed by atoms with Crippen LogP contribution in [0.15, 0.2) is 60.7 Å². The number of hydrogen-bond donors (Lipinski definition) is 2. The predicted molar refractivity (Wildman–Crippen MR) is 79.3 cm³/mol. The number of fused-ring (bicyclic) bond motifs is 5. The van der Waals surface area contributed by atoms with E-state index in [0.717, 1.165) is 33.0 Å². The summed E-state index contributed by atoms with van der Waals surface area (Å²) in [5, 5.41) is 22.9. The Hall–Kier alpha value is -2.16. The lowest BCUT2D eigenvalue weighted by molar-refractivity contribution is 0.0159. The standard InChI is InChI=1S/C18H14O2/c19-17-14-8-4-3-7-13(14)16-12-6-2-1-5-11(12)9-10-15(16)18(17)20/h1-10,17-20H/t17-,18-/m0/s1. The van der Waals surface area contributed by atoms with Crippen molar-refractivity contribution < 1.29 is 10.2 Å². The average molecular weight is 262 g/mol. The summed E-state index contributed by atoms with van der Waals surface area (Å²) in [5.41, 5.74) is 3.65. The molecule has 2 atom stereocenters. The van der Waals surface area contributed by atoms with Crippen LogP contribution in [0.3, 0.4) is 0 Å². The Morgan fingerprint density at radius 1 is 0.650 bits per heavy atom. The van der Waals surface area contributed by atoms with E-state index in [1.807, 2.05) is 48.5 Å². The van der Waals surface area contributed by atoms with E-state index in [2.05, 4.69) is 12.1 Å². The number of rotatable bonds is 0. The second kappa shape index (κ2) is 4.17. The highest BCUT2D eigenvalue weighted by Crippen LogP contribution is 2.46. The quantitative estimate of drug-likeness (QED) is 0.650. The van der Waals surface area contributed by atoms with Crippen molar-refractivity contribution in [2.45, 2.75) is 12.2 Å². The highest BCUT2D eigenvalue weighted by molar-refractivity contribution is 6.00. The van der Waals surface area contributed by atoms with E-state index in [1.165, 1.54) is 0 Å². The molecule has 0 fully saturated rings. The molecule has 0 unspecified atom stereocenters. The largest absolute Gasteiger partial charge is 0.385 e. The first-order valence-corrected chi connectivity index (χ1v) is 6.74. The van der Waals surface area contributed by atoms with Crippen LogP contribution in [0.2, 0.25) is 0 Å². The Morgan fingerprint density at radius 2 is 1.35 bits per heavy atom. The number of aliphatic hydroxyl groups is 2. The summed E-state index contributed by atoms with van der Waals surface area (Å²) in [7, 11) is 0. The van der Waals surface area contributed by atoms with Crippen LogP contribution in [-0.2, 0) is 0 Å². The Balaban J connectivity index is 2.16. The Morgan fingerprint density at radius 3 is 2.25 bits per heavy atom. The van der Waals surface area contributed by atoms with E-state index in [0.29, 0.717) is 0 Å². The van der Waals surface area contributed by atoms with Gasteiger partial charge in [0.2, 0.25) is 0 Å². The smallest absolute Gasteiger partial charge is 0.110 e. The van der Waals surface area contributed by atoms with E-state index < -0.39 is 12.2 Å². The average Bonchev–Trinajstić information content (AvgIpc) is 2.51. The van der Waals surface area contributed by atoms with Crippen LogP contribution >= 0.6 is 0 Å². The minimum Gasteiger partial charge on any atom is -0.385 e. The maximum absolute atomic E-state index is 10.4. The third-order valence-electron chi connectivity index (χ3n) is 4.13. The number of hydrogen-bond acceptors (Lipinski definition) is 2. The summed E-state index contributed by atoms with van der Waals surface area (Å²) in [6, 6.07) is 19.8. The fourth-order valence-corrected chi connectivity index (χ4v) is 3.16. The molecule has 1 aliphatic carbocycles. The number of benzene rings is 3. The second-order valence-electron chi connectivity index (χ2n) is 5.23. The van der Waals surface area contributed by atoms with Crippen molar-refractivity contribution in [2.75, 3.05) is 0 Å². The zero-order valence-electron chi connectivity index (χ0n) is 10.8. The molecule has 0 radical (unpaired) electrons. The molecule has 2 nitrogen and oxygen atoms in total. The van der Waals surface area contributed by atoms with E-state index in [4.69, 9.17) is 0 Å². The SMILES string of the molecule is O[C@H]1c2ccccc2-c2c(ccc3ccccc23)[C@@H]1O. The minimum atomic E-state index is -0.871. The summed E-state index contributed by atoms with van der Waals surface area (Å²) < 4.78 is 0. The van der Waals surface area contributed by atoms with Gasteiger partial charge in [0.15, 0.2) is 0 Å². The zero-order chi connectivity index (χ0) is 13.7. The molecule has 0 aliphatic heterocycles. The van der Waals surface area contributed by atoms with Gasteiger partial charge in [0.05, 0.1) is 0 Å². The summed E-state index contributed by atoms with van der Waals surface area (Å²) in [6.07, 6.45) is -1.73. The Kier molecular flexibility index (Phi) is 2.43.